The van der Waals surface area contributed by atoms with Gasteiger partial charge < -0.3 is 25.2 Å². The molecule has 0 radical (unpaired) electrons. The minimum atomic E-state index is -3.97. The molecule has 3 heterocycles. The van der Waals surface area contributed by atoms with E-state index < -0.39 is 10.2 Å². The first kappa shape index (κ1) is 29.1. The number of nitrogens with one attached hydrogen (secondary N) is 3. The smallest absolute Gasteiger partial charge is 0.296 e. The molecule has 2 saturated heterocycles. The molecule has 0 aliphatic carbocycles. The maximum absolute atomic E-state index is 11.6. The fourth-order valence-corrected chi connectivity index (χ4v) is 5.88. The molecule has 41 heavy (non-hydrogen) atoms. The molecule has 0 bridgehead atoms. The van der Waals surface area contributed by atoms with E-state index in [2.05, 4.69) is 53.1 Å². The van der Waals surface area contributed by atoms with E-state index in [1.54, 1.807) is 31.4 Å². The van der Waals surface area contributed by atoms with Crippen molar-refractivity contribution in [2.75, 3.05) is 73.7 Å². The molecule has 220 valence electrons. The van der Waals surface area contributed by atoms with Crippen LogP contribution in [0.5, 0.6) is 5.75 Å². The lowest BCUT2D eigenvalue weighted by Crippen LogP contribution is -2.52. The number of halogens is 1. The molecule has 2 aliphatic rings. The number of nitrogens with zero attached hydrogens (tertiary/aromatic N) is 5. The highest BCUT2D eigenvalue weighted by Crippen LogP contribution is 2.34. The van der Waals surface area contributed by atoms with Crippen molar-refractivity contribution in [1.29, 1.82) is 0 Å². The molecule has 5 N–H and O–H groups in total. The second-order valence-corrected chi connectivity index (χ2v) is 12.0. The van der Waals surface area contributed by atoms with Gasteiger partial charge in [-0.15, -0.1) is 0 Å². The third-order valence-corrected chi connectivity index (χ3v) is 8.27. The maximum Gasteiger partial charge on any atom is 0.296 e. The fraction of sp³-hybridized carbons (Fsp3) is 0.407. The van der Waals surface area contributed by atoms with Crippen molar-refractivity contribution in [2.24, 2.45) is 5.14 Å². The van der Waals surface area contributed by atoms with Gasteiger partial charge in [0.2, 0.25) is 5.95 Å². The van der Waals surface area contributed by atoms with E-state index in [9.17, 15) is 8.42 Å². The lowest BCUT2D eigenvalue weighted by molar-refractivity contribution is 0.0982. The average molecular weight is 602 g/mol. The second kappa shape index (κ2) is 12.7. The van der Waals surface area contributed by atoms with Gasteiger partial charge >= 0.3 is 0 Å². The van der Waals surface area contributed by atoms with Crippen molar-refractivity contribution < 1.29 is 13.2 Å². The summed E-state index contributed by atoms with van der Waals surface area (Å²) >= 11 is 6.35. The number of ether oxygens (including phenoxy) is 1. The van der Waals surface area contributed by atoms with Crippen LogP contribution in [0.15, 0.2) is 48.7 Å². The van der Waals surface area contributed by atoms with Crippen molar-refractivity contribution in [3.8, 4) is 5.75 Å². The van der Waals surface area contributed by atoms with E-state index in [1.165, 1.54) is 6.20 Å². The van der Waals surface area contributed by atoms with Gasteiger partial charge in [-0.2, -0.15) is 13.4 Å². The Balaban J connectivity index is 1.26. The van der Waals surface area contributed by atoms with E-state index in [0.29, 0.717) is 23.2 Å². The van der Waals surface area contributed by atoms with Crippen LogP contribution in [-0.2, 0) is 10.2 Å². The second-order valence-electron chi connectivity index (χ2n) is 10.3. The van der Waals surface area contributed by atoms with Gasteiger partial charge in [-0.1, -0.05) is 23.7 Å². The van der Waals surface area contributed by atoms with Crippen LogP contribution < -0.4 is 30.1 Å². The first-order chi connectivity index (χ1) is 19.7. The lowest BCUT2D eigenvalue weighted by Gasteiger charge is -2.42. The highest BCUT2D eigenvalue weighted by molar-refractivity contribution is 7.90. The van der Waals surface area contributed by atoms with E-state index in [4.69, 9.17) is 21.5 Å². The molecule has 2 aliphatic heterocycles. The number of para-hydroxylation sites is 2. The number of aromatic nitrogens is 2. The summed E-state index contributed by atoms with van der Waals surface area (Å²) in [7, 11) is -0.143. The number of piperazine rings is 1. The van der Waals surface area contributed by atoms with Crippen LogP contribution >= 0.6 is 11.6 Å². The van der Waals surface area contributed by atoms with Gasteiger partial charge in [-0.3, -0.25) is 9.62 Å². The number of nitrogens with two attached hydrogens (primary N) is 1. The van der Waals surface area contributed by atoms with Crippen LogP contribution in [0.1, 0.15) is 12.8 Å². The van der Waals surface area contributed by atoms with Crippen molar-refractivity contribution >= 4 is 56.3 Å². The summed E-state index contributed by atoms with van der Waals surface area (Å²) in [5.41, 5.74) is 2.49. The monoisotopic (exact) mass is 601 g/mol. The van der Waals surface area contributed by atoms with Crippen molar-refractivity contribution in [3.05, 3.63) is 53.7 Å². The van der Waals surface area contributed by atoms with E-state index in [-0.39, 0.29) is 22.5 Å². The van der Waals surface area contributed by atoms with Gasteiger partial charge in [-0.25, -0.2) is 10.1 Å². The third kappa shape index (κ3) is 7.49. The highest BCUT2D eigenvalue weighted by Gasteiger charge is 2.27. The Morgan fingerprint density at radius 2 is 1.68 bits per heavy atom. The normalized spacial score (nSPS) is 17.3. The zero-order valence-electron chi connectivity index (χ0n) is 23.2. The minimum absolute atomic E-state index is 0.253. The Labute approximate surface area is 246 Å². The summed E-state index contributed by atoms with van der Waals surface area (Å²) in [5.74, 6) is 1.24. The summed E-state index contributed by atoms with van der Waals surface area (Å²) in [6.07, 6.45) is 3.76. The van der Waals surface area contributed by atoms with Crippen LogP contribution in [0.3, 0.4) is 0 Å². The molecule has 14 heteroatoms. The van der Waals surface area contributed by atoms with Gasteiger partial charge in [0.25, 0.3) is 10.2 Å². The Kier molecular flexibility index (Phi) is 9.00. The largest absolute Gasteiger partial charge is 0.494 e. The van der Waals surface area contributed by atoms with E-state index in [0.717, 1.165) is 57.8 Å². The van der Waals surface area contributed by atoms with E-state index >= 15 is 0 Å². The highest BCUT2D eigenvalue weighted by atomic mass is 35.5. The summed E-state index contributed by atoms with van der Waals surface area (Å²) in [4.78, 5) is 16.3. The molecule has 12 nitrogen and oxygen atoms in total. The molecule has 2 fully saturated rings. The van der Waals surface area contributed by atoms with Gasteiger partial charge in [0.05, 0.1) is 30.4 Å². The molecule has 1 aromatic heterocycles. The summed E-state index contributed by atoms with van der Waals surface area (Å²) in [6, 6.07) is 13.4. The maximum atomic E-state index is 11.6. The molecular formula is C27H36ClN9O3S. The molecule has 0 saturated carbocycles. The number of hydrogen-bond donors (Lipinski definition) is 4. The Morgan fingerprint density at radius 1 is 0.976 bits per heavy atom. The van der Waals surface area contributed by atoms with E-state index in [1.807, 2.05) is 12.1 Å². The Hall–Kier alpha value is -3.36. The number of piperidine rings is 1. The quantitative estimate of drug-likeness (QED) is 0.288. The Morgan fingerprint density at radius 3 is 2.37 bits per heavy atom. The van der Waals surface area contributed by atoms with Crippen LogP contribution in [0, 0.1) is 0 Å². The topological polar surface area (TPSA) is 141 Å². The number of benzene rings is 2. The first-order valence-corrected chi connectivity index (χ1v) is 15.4. The summed E-state index contributed by atoms with van der Waals surface area (Å²) in [6.45, 7) is 6.60. The lowest BCUT2D eigenvalue weighted by atomic mass is 10.0. The molecule has 5 rings (SSSR count). The first-order valence-electron chi connectivity index (χ1n) is 13.5. The molecular weight excluding hydrogens is 566 g/mol. The molecule has 0 atom stereocenters. The van der Waals surface area contributed by atoms with Gasteiger partial charge in [0.15, 0.2) is 5.82 Å². The van der Waals surface area contributed by atoms with Crippen molar-refractivity contribution in [2.45, 2.75) is 18.9 Å². The molecule has 2 aromatic carbocycles. The third-order valence-electron chi connectivity index (χ3n) is 7.49. The number of anilines is 6. The minimum Gasteiger partial charge on any atom is -0.494 e. The van der Waals surface area contributed by atoms with Crippen molar-refractivity contribution in [3.63, 3.8) is 0 Å². The SMILES string of the molecule is COc1cc(N2CCC(N3CCN(C)CC3)CC2)ccc1Nc1ncc(Cl)c(Nc2ccccc2NS(N)(=O)=O)n1. The summed E-state index contributed by atoms with van der Waals surface area (Å²) in [5, 5.41) is 11.7. The summed E-state index contributed by atoms with van der Waals surface area (Å²) < 4.78 is 31.1. The van der Waals surface area contributed by atoms with Crippen LogP contribution in [0.4, 0.5) is 34.5 Å². The zero-order chi connectivity index (χ0) is 29.0. The molecule has 0 amide bonds. The predicted octanol–water partition coefficient (Wildman–Crippen LogP) is 3.46. The Bertz CT molecular complexity index is 1460. The molecule has 0 unspecified atom stereocenters. The number of rotatable bonds is 9. The van der Waals surface area contributed by atoms with Crippen molar-refractivity contribution in [1.82, 2.24) is 19.8 Å². The van der Waals surface area contributed by atoms with Gasteiger partial charge in [0.1, 0.15) is 10.8 Å². The van der Waals surface area contributed by atoms with Crippen LogP contribution in [0.2, 0.25) is 5.02 Å². The van der Waals surface area contributed by atoms with Gasteiger partial charge in [-0.05, 0) is 44.2 Å². The van der Waals surface area contributed by atoms with Gasteiger partial charge in [0, 0.05) is 57.1 Å². The number of methoxy groups -OCH3 is 1. The molecule has 3 aromatic rings. The number of hydrogen-bond acceptors (Lipinski definition) is 10. The zero-order valence-corrected chi connectivity index (χ0v) is 24.7. The molecule has 0 spiro atoms. The number of likely N-dealkylation sites (N-methyl/N-ethyl adjacent to an activating group) is 1. The average Bonchev–Trinajstić information content (AvgIpc) is 2.96. The predicted molar refractivity (Wildman–Crippen MR) is 164 cm³/mol. The van der Waals surface area contributed by atoms with Crippen LogP contribution in [0.25, 0.3) is 0 Å². The fourth-order valence-electron chi connectivity index (χ4n) is 5.25. The standard InChI is InChI=1S/C27H36ClN9O3S/c1-35-13-15-37(16-14-35)19-9-11-36(12-10-19)20-7-8-24(25(17-20)40-2)32-27-30-18-21(28)26(33-27)31-22-5-3-4-6-23(22)34-41(29,38)39/h3-8,17-19,34H,9-16H2,1-2H3,(H2,29,38,39)(H2,30,31,32,33). The van der Waals surface area contributed by atoms with Crippen LogP contribution in [-0.4, -0.2) is 87.7 Å².